The van der Waals surface area contributed by atoms with Crippen molar-refractivity contribution in [3.8, 4) is 46.2 Å². The van der Waals surface area contributed by atoms with Crippen LogP contribution in [0, 0.1) is 11.3 Å². The number of H-pyrrole nitrogens is 1. The number of benzene rings is 2. The minimum atomic E-state index is -0.585. The molecule has 0 aliphatic carbocycles. The zero-order valence-corrected chi connectivity index (χ0v) is 16.8. The van der Waals surface area contributed by atoms with Crippen molar-refractivity contribution in [2.24, 2.45) is 5.73 Å². The molecule has 0 bridgehead atoms. The number of aromatic nitrogens is 2. The number of aromatic amines is 1. The zero-order chi connectivity index (χ0) is 21.5. The smallest absolute Gasteiger partial charge is 0.244 e. The van der Waals surface area contributed by atoms with Crippen molar-refractivity contribution in [2.45, 2.75) is 5.92 Å². The van der Waals surface area contributed by atoms with Crippen LogP contribution in [0.3, 0.4) is 0 Å². The van der Waals surface area contributed by atoms with E-state index in [9.17, 15) is 5.26 Å². The van der Waals surface area contributed by atoms with Gasteiger partial charge in [0.05, 0.1) is 31.4 Å². The monoisotopic (exact) mass is 418 g/mol. The highest BCUT2D eigenvalue weighted by molar-refractivity contribution is 5.73. The average molecular weight is 418 g/mol. The molecule has 156 valence electrons. The zero-order valence-electron chi connectivity index (χ0n) is 16.8. The first-order valence-corrected chi connectivity index (χ1v) is 9.42. The average Bonchev–Trinajstić information content (AvgIpc) is 3.43. The maximum atomic E-state index is 9.93. The molecule has 2 aromatic carbocycles. The largest absolute Gasteiger partial charge is 0.497 e. The van der Waals surface area contributed by atoms with E-state index in [4.69, 9.17) is 29.4 Å². The predicted octanol–water partition coefficient (Wildman–Crippen LogP) is 3.04. The summed E-state index contributed by atoms with van der Waals surface area (Å²) in [5, 5.41) is 17.3. The lowest BCUT2D eigenvalue weighted by molar-refractivity contribution is 0.174. The summed E-state index contributed by atoms with van der Waals surface area (Å²) in [6.07, 6.45) is 0. The molecule has 3 N–H and O–H groups in total. The van der Waals surface area contributed by atoms with Crippen molar-refractivity contribution in [3.63, 3.8) is 0 Å². The highest BCUT2D eigenvalue weighted by Gasteiger charge is 2.37. The van der Waals surface area contributed by atoms with Gasteiger partial charge in [-0.2, -0.15) is 5.26 Å². The van der Waals surface area contributed by atoms with Crippen LogP contribution >= 0.6 is 0 Å². The second kappa shape index (κ2) is 7.18. The summed E-state index contributed by atoms with van der Waals surface area (Å²) in [6, 6.07) is 13.1. The number of fused-ring (bicyclic) bond motifs is 2. The number of nitrogens with two attached hydrogens (primary N) is 1. The van der Waals surface area contributed by atoms with Gasteiger partial charge in [0, 0.05) is 11.1 Å². The molecule has 3 heterocycles. The summed E-state index contributed by atoms with van der Waals surface area (Å²) in [5.74, 6) is 2.19. The molecule has 0 fully saturated rings. The lowest BCUT2D eigenvalue weighted by Gasteiger charge is -2.25. The van der Waals surface area contributed by atoms with Crippen molar-refractivity contribution >= 4 is 0 Å². The first-order valence-electron chi connectivity index (χ1n) is 9.42. The first-order chi connectivity index (χ1) is 15.1. The molecule has 9 nitrogen and oxygen atoms in total. The van der Waals surface area contributed by atoms with Crippen molar-refractivity contribution in [1.82, 2.24) is 10.2 Å². The van der Waals surface area contributed by atoms with Gasteiger partial charge in [-0.1, -0.05) is 0 Å². The number of methoxy groups -OCH3 is 2. The maximum absolute atomic E-state index is 9.93. The van der Waals surface area contributed by atoms with Crippen LogP contribution in [0.5, 0.6) is 28.9 Å². The number of hydrogen-bond donors (Lipinski definition) is 2. The Balaban J connectivity index is 1.74. The molecular weight excluding hydrogens is 400 g/mol. The van der Waals surface area contributed by atoms with Gasteiger partial charge < -0.3 is 29.4 Å². The van der Waals surface area contributed by atoms with Crippen LogP contribution in [0.1, 0.15) is 17.0 Å². The van der Waals surface area contributed by atoms with Crippen LogP contribution in [-0.2, 0) is 0 Å². The van der Waals surface area contributed by atoms with Crippen molar-refractivity contribution in [3.05, 3.63) is 59.0 Å². The Morgan fingerprint density at radius 3 is 2.74 bits per heavy atom. The van der Waals surface area contributed by atoms with E-state index in [0.717, 1.165) is 5.56 Å². The molecule has 0 spiro atoms. The third kappa shape index (κ3) is 2.88. The molecule has 0 saturated heterocycles. The van der Waals surface area contributed by atoms with E-state index in [-0.39, 0.29) is 18.2 Å². The maximum Gasteiger partial charge on any atom is 0.244 e. The SMILES string of the molecule is COc1ccc(OC)c([C@@H]2C(C#N)=C(N)Oc3n[nH]c(-c4ccc5c(c4)OCO5)c32)c1. The minimum absolute atomic E-state index is 0.00592. The summed E-state index contributed by atoms with van der Waals surface area (Å²) in [5.41, 5.74) is 9.17. The van der Waals surface area contributed by atoms with Crippen LogP contribution < -0.4 is 29.4 Å². The third-order valence-electron chi connectivity index (χ3n) is 5.35. The molecule has 2 aliphatic heterocycles. The molecule has 0 saturated carbocycles. The quantitative estimate of drug-likeness (QED) is 0.662. The number of hydrogen-bond acceptors (Lipinski definition) is 8. The summed E-state index contributed by atoms with van der Waals surface area (Å²) in [4.78, 5) is 0. The van der Waals surface area contributed by atoms with Gasteiger partial charge in [-0.05, 0) is 36.4 Å². The molecular formula is C22H18N4O5. The fraction of sp³-hybridized carbons (Fsp3) is 0.182. The summed E-state index contributed by atoms with van der Waals surface area (Å²) in [6.45, 7) is 0.171. The predicted molar refractivity (Wildman–Crippen MR) is 109 cm³/mol. The van der Waals surface area contributed by atoms with E-state index < -0.39 is 5.92 Å². The highest BCUT2D eigenvalue weighted by atomic mass is 16.7. The molecule has 3 aromatic rings. The van der Waals surface area contributed by atoms with Crippen molar-refractivity contribution in [1.29, 1.82) is 5.26 Å². The van der Waals surface area contributed by atoms with Gasteiger partial charge >= 0.3 is 0 Å². The third-order valence-corrected chi connectivity index (χ3v) is 5.35. The second-order valence-electron chi connectivity index (χ2n) is 6.92. The number of allylic oxidation sites excluding steroid dienone is 1. The van der Waals surface area contributed by atoms with Gasteiger partial charge in [0.2, 0.25) is 18.6 Å². The van der Waals surface area contributed by atoms with Gasteiger partial charge in [-0.15, -0.1) is 5.10 Å². The van der Waals surface area contributed by atoms with Crippen molar-refractivity contribution in [2.75, 3.05) is 21.0 Å². The van der Waals surface area contributed by atoms with Gasteiger partial charge in [0.25, 0.3) is 0 Å². The van der Waals surface area contributed by atoms with E-state index in [1.165, 1.54) is 0 Å². The van der Waals surface area contributed by atoms with Gasteiger partial charge in [0.1, 0.15) is 23.1 Å². The Bertz CT molecular complexity index is 1260. The number of nitriles is 1. The Hall–Kier alpha value is -4.32. The number of nitrogens with one attached hydrogen (secondary N) is 1. The Kier molecular flexibility index (Phi) is 4.33. The van der Waals surface area contributed by atoms with Crippen LogP contribution in [-0.4, -0.2) is 31.2 Å². The topological polar surface area (TPSA) is 125 Å². The number of nitrogens with zero attached hydrogens (tertiary/aromatic N) is 2. The summed E-state index contributed by atoms with van der Waals surface area (Å²) >= 11 is 0. The van der Waals surface area contributed by atoms with E-state index >= 15 is 0 Å². The molecule has 5 rings (SSSR count). The van der Waals surface area contributed by atoms with Gasteiger partial charge in [-0.3, -0.25) is 5.10 Å². The standard InChI is InChI=1S/C22H18N4O5/c1-27-12-4-6-15(28-2)13(8-12)18-14(9-23)21(24)31-22-19(18)20(25-26-22)11-3-5-16-17(7-11)30-10-29-16/h3-8,18H,10,24H2,1-2H3,(H,25,26)/t18-/m1/s1. The molecule has 0 radical (unpaired) electrons. The van der Waals surface area contributed by atoms with Crippen LogP contribution in [0.15, 0.2) is 47.9 Å². The lowest BCUT2D eigenvalue weighted by atomic mass is 9.82. The van der Waals surface area contributed by atoms with Crippen LogP contribution in [0.4, 0.5) is 0 Å². The first kappa shape index (κ1) is 18.7. The number of rotatable bonds is 4. The van der Waals surface area contributed by atoms with Crippen LogP contribution in [0.2, 0.25) is 0 Å². The Morgan fingerprint density at radius 2 is 1.97 bits per heavy atom. The van der Waals surface area contributed by atoms with Crippen LogP contribution in [0.25, 0.3) is 11.3 Å². The van der Waals surface area contributed by atoms with Gasteiger partial charge in [0.15, 0.2) is 11.5 Å². The lowest BCUT2D eigenvalue weighted by Crippen LogP contribution is -2.21. The highest BCUT2D eigenvalue weighted by Crippen LogP contribution is 2.49. The van der Waals surface area contributed by atoms with Gasteiger partial charge in [-0.25, -0.2) is 0 Å². The Labute approximate surface area is 177 Å². The van der Waals surface area contributed by atoms with Crippen molar-refractivity contribution < 1.29 is 23.7 Å². The summed E-state index contributed by atoms with van der Waals surface area (Å²) < 4.78 is 27.6. The van der Waals surface area contributed by atoms with E-state index in [2.05, 4.69) is 16.3 Å². The molecule has 1 atom stereocenters. The summed E-state index contributed by atoms with van der Waals surface area (Å²) in [7, 11) is 3.14. The molecule has 9 heteroatoms. The Morgan fingerprint density at radius 1 is 1.13 bits per heavy atom. The molecule has 0 unspecified atom stereocenters. The second-order valence-corrected chi connectivity index (χ2v) is 6.92. The molecule has 2 aliphatic rings. The van der Waals surface area contributed by atoms with E-state index in [1.54, 1.807) is 26.4 Å². The van der Waals surface area contributed by atoms with E-state index in [0.29, 0.717) is 45.7 Å². The molecule has 1 aromatic heterocycles. The molecule has 0 amide bonds. The normalized spacial score (nSPS) is 16.4. The fourth-order valence-electron chi connectivity index (χ4n) is 3.89. The van der Waals surface area contributed by atoms with E-state index in [1.807, 2.05) is 24.3 Å². The minimum Gasteiger partial charge on any atom is -0.497 e. The number of ether oxygens (including phenoxy) is 5. The molecule has 31 heavy (non-hydrogen) atoms. The fourth-order valence-corrected chi connectivity index (χ4v) is 3.89.